The third-order valence-corrected chi connectivity index (χ3v) is 3.34. The largest absolute Gasteiger partial charge is 0.364 e. The lowest BCUT2D eigenvalue weighted by atomic mass is 10.1. The smallest absolute Gasteiger partial charge is 0.199 e. The Balaban J connectivity index is 1.79. The van der Waals surface area contributed by atoms with Crippen molar-refractivity contribution in [3.05, 3.63) is 48.3 Å². The Morgan fingerprint density at radius 1 is 1.20 bits per heavy atom. The van der Waals surface area contributed by atoms with Crippen LogP contribution in [0.1, 0.15) is 5.56 Å². The van der Waals surface area contributed by atoms with Crippen molar-refractivity contribution >= 4 is 23.1 Å². The summed E-state index contributed by atoms with van der Waals surface area (Å²) in [6.07, 6.45) is 4.12. The van der Waals surface area contributed by atoms with E-state index >= 15 is 0 Å². The molecule has 1 aromatic carbocycles. The summed E-state index contributed by atoms with van der Waals surface area (Å²) in [4.78, 5) is 4.11. The molecular formula is C13H13ClN6. The number of benzene rings is 1. The molecule has 1 atom stereocenters. The molecule has 0 aliphatic rings. The molecule has 0 amide bonds. The van der Waals surface area contributed by atoms with Gasteiger partial charge < -0.3 is 5.32 Å². The van der Waals surface area contributed by atoms with E-state index < -0.39 is 0 Å². The van der Waals surface area contributed by atoms with Crippen LogP contribution in [-0.4, -0.2) is 36.9 Å². The number of fused-ring (bicyclic) bond motifs is 1. The lowest BCUT2D eigenvalue weighted by Crippen LogP contribution is -2.25. The second-order valence-corrected chi connectivity index (χ2v) is 4.74. The molecule has 0 spiro atoms. The standard InChI is InChI=1S/C13H13ClN6/c14-7-11(6-10-4-2-1-3-5-10)16-12-8-15-9-13-17-18-19-20(12)13/h1-5,8-9,11,16H,6-7H2. The van der Waals surface area contributed by atoms with Crippen molar-refractivity contribution in [1.82, 2.24) is 25.0 Å². The molecule has 0 aliphatic carbocycles. The van der Waals surface area contributed by atoms with Crippen molar-refractivity contribution in [2.75, 3.05) is 11.2 Å². The fourth-order valence-corrected chi connectivity index (χ4v) is 2.21. The highest BCUT2D eigenvalue weighted by Crippen LogP contribution is 2.12. The Labute approximate surface area is 120 Å². The van der Waals surface area contributed by atoms with E-state index in [0.717, 1.165) is 12.2 Å². The van der Waals surface area contributed by atoms with Crippen LogP contribution in [-0.2, 0) is 6.42 Å². The lowest BCUT2D eigenvalue weighted by molar-refractivity contribution is 0.762. The van der Waals surface area contributed by atoms with E-state index in [9.17, 15) is 0 Å². The first-order valence-electron chi connectivity index (χ1n) is 6.25. The maximum Gasteiger partial charge on any atom is 0.199 e. The predicted molar refractivity (Wildman–Crippen MR) is 76.9 cm³/mol. The molecule has 0 bridgehead atoms. The Morgan fingerprint density at radius 3 is 2.85 bits per heavy atom. The van der Waals surface area contributed by atoms with Crippen LogP contribution in [0.15, 0.2) is 42.7 Å². The first-order chi connectivity index (χ1) is 9.86. The minimum Gasteiger partial charge on any atom is -0.364 e. The van der Waals surface area contributed by atoms with Crippen LogP contribution in [0, 0.1) is 0 Å². The normalized spacial score (nSPS) is 12.4. The molecule has 3 aromatic rings. The van der Waals surface area contributed by atoms with Gasteiger partial charge in [-0.15, -0.1) is 16.7 Å². The summed E-state index contributed by atoms with van der Waals surface area (Å²) in [5, 5.41) is 14.7. The van der Waals surface area contributed by atoms with E-state index in [0.29, 0.717) is 11.5 Å². The minimum absolute atomic E-state index is 0.0793. The van der Waals surface area contributed by atoms with Gasteiger partial charge in [-0.2, -0.15) is 4.52 Å². The van der Waals surface area contributed by atoms with E-state index in [1.165, 1.54) is 5.56 Å². The average Bonchev–Trinajstić information content (AvgIpc) is 2.97. The zero-order valence-electron chi connectivity index (χ0n) is 10.6. The maximum absolute atomic E-state index is 6.05. The Kier molecular flexibility index (Phi) is 3.73. The molecule has 0 radical (unpaired) electrons. The minimum atomic E-state index is 0.0793. The van der Waals surface area contributed by atoms with Gasteiger partial charge in [-0.05, 0) is 22.4 Å². The zero-order chi connectivity index (χ0) is 13.8. The van der Waals surface area contributed by atoms with E-state index in [-0.39, 0.29) is 6.04 Å². The summed E-state index contributed by atoms with van der Waals surface area (Å²) in [5.74, 6) is 1.21. The number of nitrogens with one attached hydrogen (secondary N) is 1. The SMILES string of the molecule is ClCC(Cc1ccccc1)Nc1cncc2nnnn12. The highest BCUT2D eigenvalue weighted by atomic mass is 35.5. The molecule has 1 unspecified atom stereocenters. The van der Waals surface area contributed by atoms with Gasteiger partial charge in [0.1, 0.15) is 0 Å². The Hall–Kier alpha value is -2.21. The van der Waals surface area contributed by atoms with Crippen molar-refractivity contribution in [3.8, 4) is 0 Å². The summed E-state index contributed by atoms with van der Waals surface area (Å²) >= 11 is 6.05. The van der Waals surface area contributed by atoms with Gasteiger partial charge in [-0.25, -0.2) is 0 Å². The number of hydrogen-bond acceptors (Lipinski definition) is 5. The van der Waals surface area contributed by atoms with Gasteiger partial charge in [0.25, 0.3) is 0 Å². The fourth-order valence-electron chi connectivity index (χ4n) is 2.03. The topological polar surface area (TPSA) is 68.0 Å². The molecular weight excluding hydrogens is 276 g/mol. The molecule has 0 aliphatic heterocycles. The number of anilines is 1. The van der Waals surface area contributed by atoms with Crippen LogP contribution in [0.25, 0.3) is 5.65 Å². The highest BCUT2D eigenvalue weighted by Gasteiger charge is 2.11. The van der Waals surface area contributed by atoms with Crippen molar-refractivity contribution in [3.63, 3.8) is 0 Å². The van der Waals surface area contributed by atoms with Crippen LogP contribution in [0.3, 0.4) is 0 Å². The van der Waals surface area contributed by atoms with Crippen molar-refractivity contribution in [1.29, 1.82) is 0 Å². The van der Waals surface area contributed by atoms with E-state index in [4.69, 9.17) is 11.6 Å². The molecule has 1 N–H and O–H groups in total. The third-order valence-electron chi connectivity index (χ3n) is 2.97. The number of hydrogen-bond donors (Lipinski definition) is 1. The van der Waals surface area contributed by atoms with Gasteiger partial charge >= 0.3 is 0 Å². The van der Waals surface area contributed by atoms with Gasteiger partial charge in [0.2, 0.25) is 0 Å². The first kappa shape index (κ1) is 12.8. The Morgan fingerprint density at radius 2 is 2.05 bits per heavy atom. The molecule has 2 aromatic heterocycles. The van der Waals surface area contributed by atoms with E-state index in [1.54, 1.807) is 16.9 Å². The van der Waals surface area contributed by atoms with Crippen LogP contribution >= 0.6 is 11.6 Å². The van der Waals surface area contributed by atoms with E-state index in [1.807, 2.05) is 18.2 Å². The molecule has 2 heterocycles. The van der Waals surface area contributed by atoms with Crippen molar-refractivity contribution in [2.24, 2.45) is 0 Å². The van der Waals surface area contributed by atoms with Gasteiger partial charge in [0.15, 0.2) is 11.5 Å². The molecule has 20 heavy (non-hydrogen) atoms. The number of rotatable bonds is 5. The number of nitrogens with zero attached hydrogens (tertiary/aromatic N) is 5. The number of alkyl halides is 1. The van der Waals surface area contributed by atoms with Gasteiger partial charge in [-0.1, -0.05) is 30.3 Å². The van der Waals surface area contributed by atoms with Crippen molar-refractivity contribution in [2.45, 2.75) is 12.5 Å². The van der Waals surface area contributed by atoms with Crippen LogP contribution in [0.4, 0.5) is 5.82 Å². The molecule has 7 heteroatoms. The number of aromatic nitrogens is 5. The zero-order valence-corrected chi connectivity index (χ0v) is 11.4. The summed E-state index contributed by atoms with van der Waals surface area (Å²) in [5.41, 5.74) is 1.82. The number of tetrazole rings is 1. The molecule has 0 fully saturated rings. The third kappa shape index (κ3) is 2.70. The maximum atomic E-state index is 6.05. The van der Waals surface area contributed by atoms with Crippen LogP contribution in [0.2, 0.25) is 0 Å². The summed E-state index contributed by atoms with van der Waals surface area (Å²) in [6.45, 7) is 0. The highest BCUT2D eigenvalue weighted by molar-refractivity contribution is 6.18. The summed E-state index contributed by atoms with van der Waals surface area (Å²) in [6, 6.07) is 10.3. The first-order valence-corrected chi connectivity index (χ1v) is 6.79. The van der Waals surface area contributed by atoms with Crippen LogP contribution in [0.5, 0.6) is 0 Å². The van der Waals surface area contributed by atoms with Gasteiger partial charge in [0.05, 0.1) is 12.4 Å². The monoisotopic (exact) mass is 288 g/mol. The van der Waals surface area contributed by atoms with Crippen molar-refractivity contribution < 1.29 is 0 Å². The molecule has 0 saturated heterocycles. The molecule has 102 valence electrons. The molecule has 3 rings (SSSR count). The van der Waals surface area contributed by atoms with Gasteiger partial charge in [0, 0.05) is 11.9 Å². The average molecular weight is 289 g/mol. The van der Waals surface area contributed by atoms with E-state index in [2.05, 4.69) is 38.0 Å². The summed E-state index contributed by atoms with van der Waals surface area (Å²) in [7, 11) is 0. The number of halogens is 1. The lowest BCUT2D eigenvalue weighted by Gasteiger charge is -2.17. The Bertz CT molecular complexity index is 683. The quantitative estimate of drug-likeness (QED) is 0.725. The second kappa shape index (κ2) is 5.83. The predicted octanol–water partition coefficient (Wildman–Crippen LogP) is 1.78. The molecule has 0 saturated carbocycles. The van der Waals surface area contributed by atoms with Gasteiger partial charge in [-0.3, -0.25) is 4.98 Å². The fraction of sp³-hybridized carbons (Fsp3) is 0.231. The van der Waals surface area contributed by atoms with Crippen LogP contribution < -0.4 is 5.32 Å². The second-order valence-electron chi connectivity index (χ2n) is 4.43. The summed E-state index contributed by atoms with van der Waals surface area (Å²) < 4.78 is 1.61. The molecule has 6 nitrogen and oxygen atoms in total.